The summed E-state index contributed by atoms with van der Waals surface area (Å²) in [5.74, 6) is 0. The Labute approximate surface area is 63.9 Å². The molecule has 0 spiro atoms. The maximum atomic E-state index is 0. The Balaban J connectivity index is 0. The van der Waals surface area contributed by atoms with Gasteiger partial charge >= 0.3 is 0 Å². The van der Waals surface area contributed by atoms with Gasteiger partial charge in [0.25, 0.3) is 0 Å². The van der Waals surface area contributed by atoms with Crippen LogP contribution in [0.15, 0.2) is 0 Å². The van der Waals surface area contributed by atoms with Crippen LogP contribution in [0.4, 0.5) is 0 Å². The van der Waals surface area contributed by atoms with Crippen molar-refractivity contribution in [1.29, 1.82) is 0 Å². The molecule has 0 fully saturated rings. The molecule has 2 N–H and O–H groups in total. The fourth-order valence-electron chi connectivity index (χ4n) is 0. The van der Waals surface area contributed by atoms with Crippen LogP contribution in [0.5, 0.6) is 0 Å². The second kappa shape index (κ2) is 21.6. The van der Waals surface area contributed by atoms with E-state index in [1.807, 2.05) is 0 Å². The molecule has 0 unspecified atom stereocenters. The predicted octanol–water partition coefficient (Wildman–Crippen LogP) is -2.28. The molecule has 0 aromatic carbocycles. The molecule has 0 radical (unpaired) electrons. The molecule has 0 amide bonds. The van der Waals surface area contributed by atoms with E-state index in [2.05, 4.69) is 0 Å². The summed E-state index contributed by atoms with van der Waals surface area (Å²) >= 11 is 0. The number of rotatable bonds is 0. The zero-order valence-electron chi connectivity index (χ0n) is 1.50. The molecular formula is H6OSiTiZr. The molecule has 0 aliphatic rings. The molecule has 0 aromatic heterocycles. The minimum Gasteiger partial charge on any atom is -0.412 e. The van der Waals surface area contributed by atoms with Crippen LogP contribution in [0.2, 0.25) is 0 Å². The molecule has 0 aromatic rings. The summed E-state index contributed by atoms with van der Waals surface area (Å²) in [6.45, 7) is 0. The van der Waals surface area contributed by atoms with E-state index in [0.29, 0.717) is 0 Å². The van der Waals surface area contributed by atoms with Gasteiger partial charge in [0.1, 0.15) is 0 Å². The van der Waals surface area contributed by atoms with Crippen molar-refractivity contribution in [2.75, 3.05) is 0 Å². The van der Waals surface area contributed by atoms with Crippen molar-refractivity contribution >= 4 is 11.0 Å². The zero-order chi connectivity index (χ0) is 0. The van der Waals surface area contributed by atoms with Crippen LogP contribution in [0, 0.1) is 0 Å². The molecule has 4 heteroatoms. The van der Waals surface area contributed by atoms with Gasteiger partial charge < -0.3 is 5.48 Å². The Hall–Kier alpha value is 1.77. The van der Waals surface area contributed by atoms with Gasteiger partial charge in [-0.15, -0.1) is 0 Å². The van der Waals surface area contributed by atoms with Crippen LogP contribution in [-0.2, 0) is 47.9 Å². The van der Waals surface area contributed by atoms with E-state index in [9.17, 15) is 0 Å². The van der Waals surface area contributed by atoms with Gasteiger partial charge in [-0.1, -0.05) is 0 Å². The first kappa shape index (κ1) is 41.8. The fraction of sp³-hybridized carbons (Fsp3) is 0. The molecule has 0 bridgehead atoms. The number of hydrogen-bond acceptors (Lipinski definition) is 0. The molecule has 4 heavy (non-hydrogen) atoms. The zero-order valence-corrected chi connectivity index (χ0v) is 5.52. The van der Waals surface area contributed by atoms with Gasteiger partial charge in [0, 0.05) is 47.9 Å². The van der Waals surface area contributed by atoms with Gasteiger partial charge in [-0.25, -0.2) is 0 Å². The van der Waals surface area contributed by atoms with Crippen LogP contribution in [-0.4, -0.2) is 16.4 Å². The van der Waals surface area contributed by atoms with Crippen molar-refractivity contribution in [3.05, 3.63) is 0 Å². The Morgan fingerprint density at radius 3 is 1.00 bits per heavy atom. The van der Waals surface area contributed by atoms with Crippen molar-refractivity contribution in [1.82, 2.24) is 0 Å². The first-order valence-corrected chi connectivity index (χ1v) is 0. The van der Waals surface area contributed by atoms with Crippen LogP contribution in [0.1, 0.15) is 0 Å². The van der Waals surface area contributed by atoms with Gasteiger partial charge in [0.2, 0.25) is 0 Å². The fourth-order valence-corrected chi connectivity index (χ4v) is 0. The summed E-state index contributed by atoms with van der Waals surface area (Å²) < 4.78 is 0. The molecule has 0 aliphatic heterocycles. The molecule has 0 saturated carbocycles. The second-order valence-electron chi connectivity index (χ2n) is 0. The third-order valence-electron chi connectivity index (χ3n) is 0. The molecule has 0 atom stereocenters. The average molecular weight is 189 g/mol. The number of hydrogen-bond donors (Lipinski definition) is 0. The first-order valence-electron chi connectivity index (χ1n) is 0. The minimum absolute atomic E-state index is 0. The molecule has 0 saturated heterocycles. The standard InChI is InChI=1S/H2O.H4Si.Ti.Zr/h1H2;1H4;;. The Kier molecular flexibility index (Phi) is 226. The summed E-state index contributed by atoms with van der Waals surface area (Å²) in [6, 6.07) is 0. The predicted molar refractivity (Wildman–Crippen MR) is 14.9 cm³/mol. The first-order chi connectivity index (χ1) is 0. The average Bonchev–Trinajstić information content (AvgIpc) is 0. The molecule has 0 aliphatic carbocycles. The Morgan fingerprint density at radius 2 is 1.00 bits per heavy atom. The van der Waals surface area contributed by atoms with Crippen molar-refractivity contribution in [2.45, 2.75) is 0 Å². The summed E-state index contributed by atoms with van der Waals surface area (Å²) in [5.41, 5.74) is 0. The third kappa shape index (κ3) is 9.23. The monoisotopic (exact) mass is 188 g/mol. The van der Waals surface area contributed by atoms with Crippen molar-refractivity contribution < 1.29 is 53.4 Å². The second-order valence-corrected chi connectivity index (χ2v) is 0. The van der Waals surface area contributed by atoms with E-state index in [1.165, 1.54) is 0 Å². The maximum Gasteiger partial charge on any atom is 0 e. The SMILES string of the molecule is O.[SiH4].[Ti].[Zr]. The van der Waals surface area contributed by atoms with Gasteiger partial charge in [-0.05, 0) is 11.0 Å². The Morgan fingerprint density at radius 1 is 1.00 bits per heavy atom. The summed E-state index contributed by atoms with van der Waals surface area (Å²) in [6.07, 6.45) is 0. The van der Waals surface area contributed by atoms with Gasteiger partial charge in [0.05, 0.1) is 0 Å². The van der Waals surface area contributed by atoms with Crippen LogP contribution < -0.4 is 0 Å². The third-order valence-corrected chi connectivity index (χ3v) is 0. The molecule has 0 rings (SSSR count). The van der Waals surface area contributed by atoms with Gasteiger partial charge in [-0.2, -0.15) is 0 Å². The van der Waals surface area contributed by atoms with E-state index >= 15 is 0 Å². The summed E-state index contributed by atoms with van der Waals surface area (Å²) in [4.78, 5) is 0. The molecular weight excluding hydrogens is 183 g/mol. The van der Waals surface area contributed by atoms with E-state index in [-0.39, 0.29) is 64.4 Å². The topological polar surface area (TPSA) is 31.5 Å². The molecule has 1 nitrogen and oxygen atoms in total. The van der Waals surface area contributed by atoms with Crippen molar-refractivity contribution in [3.8, 4) is 0 Å². The van der Waals surface area contributed by atoms with E-state index < -0.39 is 0 Å². The largest absolute Gasteiger partial charge is 0.412 e. The van der Waals surface area contributed by atoms with Crippen molar-refractivity contribution in [3.63, 3.8) is 0 Å². The molecule has 24 valence electrons. The van der Waals surface area contributed by atoms with E-state index in [4.69, 9.17) is 0 Å². The van der Waals surface area contributed by atoms with Gasteiger partial charge in [0.15, 0.2) is 0 Å². The van der Waals surface area contributed by atoms with E-state index in [1.54, 1.807) is 0 Å². The van der Waals surface area contributed by atoms with Crippen LogP contribution >= 0.6 is 0 Å². The Bertz CT molecular complexity index is 8.00. The quantitative estimate of drug-likeness (QED) is 0.385. The van der Waals surface area contributed by atoms with Crippen LogP contribution in [0.25, 0.3) is 0 Å². The molecule has 0 heterocycles. The summed E-state index contributed by atoms with van der Waals surface area (Å²) in [7, 11) is 0. The normalized spacial score (nSPS) is 0. The summed E-state index contributed by atoms with van der Waals surface area (Å²) in [5, 5.41) is 0. The minimum atomic E-state index is 0. The van der Waals surface area contributed by atoms with Crippen LogP contribution in [0.3, 0.4) is 0 Å². The van der Waals surface area contributed by atoms with Gasteiger partial charge in [-0.3, -0.25) is 0 Å². The van der Waals surface area contributed by atoms with Crippen molar-refractivity contribution in [2.24, 2.45) is 0 Å². The smallest absolute Gasteiger partial charge is 0 e. The van der Waals surface area contributed by atoms with E-state index in [0.717, 1.165) is 0 Å². The maximum absolute atomic E-state index is 0.